The van der Waals surface area contributed by atoms with Crippen LogP contribution in [0.25, 0.3) is 0 Å². The van der Waals surface area contributed by atoms with E-state index in [2.05, 4.69) is 20.4 Å². The minimum atomic E-state index is -0.284. The second kappa shape index (κ2) is 8.02. The molecule has 0 aliphatic carbocycles. The summed E-state index contributed by atoms with van der Waals surface area (Å²) in [7, 11) is 0. The van der Waals surface area contributed by atoms with E-state index in [9.17, 15) is 9.59 Å². The Hall–Kier alpha value is -1.54. The number of anilines is 1. The number of amides is 2. The molecule has 24 heavy (non-hydrogen) atoms. The molecule has 3 heterocycles. The Bertz CT molecular complexity index is 585. The summed E-state index contributed by atoms with van der Waals surface area (Å²) in [5.41, 5.74) is 0. The SMILES string of the molecule is CCc1nnc(N2CC(C(=O)NCCN3CCCCC3)CC2=O)s1. The van der Waals surface area contributed by atoms with Gasteiger partial charge in [0.05, 0.1) is 5.92 Å². The van der Waals surface area contributed by atoms with Crippen LogP contribution >= 0.6 is 11.3 Å². The van der Waals surface area contributed by atoms with Crippen molar-refractivity contribution in [2.45, 2.75) is 39.0 Å². The molecular formula is C16H25N5O2S. The summed E-state index contributed by atoms with van der Waals surface area (Å²) in [6.07, 6.45) is 4.88. The van der Waals surface area contributed by atoms with Gasteiger partial charge in [-0.2, -0.15) is 0 Å². The minimum absolute atomic E-state index is 0.0249. The maximum Gasteiger partial charge on any atom is 0.229 e. The number of hydrogen-bond donors (Lipinski definition) is 1. The summed E-state index contributed by atoms with van der Waals surface area (Å²) in [4.78, 5) is 28.5. The van der Waals surface area contributed by atoms with Gasteiger partial charge in [0, 0.05) is 26.1 Å². The van der Waals surface area contributed by atoms with Crippen LogP contribution in [-0.2, 0) is 16.0 Å². The fourth-order valence-corrected chi connectivity index (χ4v) is 4.03. The third-order valence-electron chi connectivity index (χ3n) is 4.66. The van der Waals surface area contributed by atoms with Crippen LogP contribution in [0.15, 0.2) is 0 Å². The van der Waals surface area contributed by atoms with Gasteiger partial charge in [0.2, 0.25) is 16.9 Å². The van der Waals surface area contributed by atoms with Crippen molar-refractivity contribution in [3.63, 3.8) is 0 Å². The molecule has 1 N–H and O–H groups in total. The number of nitrogens with one attached hydrogen (secondary N) is 1. The molecule has 2 amide bonds. The molecule has 3 rings (SSSR count). The zero-order valence-corrected chi connectivity index (χ0v) is 15.0. The van der Waals surface area contributed by atoms with Crippen LogP contribution in [0.3, 0.4) is 0 Å². The second-order valence-electron chi connectivity index (χ2n) is 6.43. The molecule has 7 nitrogen and oxygen atoms in total. The van der Waals surface area contributed by atoms with Crippen molar-refractivity contribution in [3.05, 3.63) is 5.01 Å². The van der Waals surface area contributed by atoms with Crippen molar-refractivity contribution in [2.24, 2.45) is 5.92 Å². The fourth-order valence-electron chi connectivity index (χ4n) is 3.23. The van der Waals surface area contributed by atoms with Gasteiger partial charge in [0.15, 0.2) is 0 Å². The summed E-state index contributed by atoms with van der Waals surface area (Å²) in [5, 5.41) is 12.6. The van der Waals surface area contributed by atoms with Crippen molar-refractivity contribution in [2.75, 3.05) is 37.6 Å². The summed E-state index contributed by atoms with van der Waals surface area (Å²) < 4.78 is 0. The van der Waals surface area contributed by atoms with Crippen LogP contribution in [0.4, 0.5) is 5.13 Å². The van der Waals surface area contributed by atoms with Crippen LogP contribution in [0, 0.1) is 5.92 Å². The van der Waals surface area contributed by atoms with Gasteiger partial charge in [-0.1, -0.05) is 24.7 Å². The van der Waals surface area contributed by atoms with Gasteiger partial charge < -0.3 is 10.2 Å². The average molecular weight is 351 g/mol. The van der Waals surface area contributed by atoms with Gasteiger partial charge >= 0.3 is 0 Å². The molecule has 2 aliphatic heterocycles. The highest BCUT2D eigenvalue weighted by atomic mass is 32.1. The quantitative estimate of drug-likeness (QED) is 0.829. The van der Waals surface area contributed by atoms with Crippen molar-refractivity contribution in [1.29, 1.82) is 0 Å². The Morgan fingerprint density at radius 2 is 2.08 bits per heavy atom. The molecule has 0 saturated carbocycles. The van der Waals surface area contributed by atoms with E-state index >= 15 is 0 Å². The van der Waals surface area contributed by atoms with Crippen LogP contribution < -0.4 is 10.2 Å². The van der Waals surface area contributed by atoms with Crippen molar-refractivity contribution < 1.29 is 9.59 Å². The fraction of sp³-hybridized carbons (Fsp3) is 0.750. The summed E-state index contributed by atoms with van der Waals surface area (Å²) in [6, 6.07) is 0. The molecule has 0 radical (unpaired) electrons. The van der Waals surface area contributed by atoms with E-state index in [0.29, 0.717) is 18.2 Å². The Morgan fingerprint density at radius 3 is 2.79 bits per heavy atom. The molecule has 132 valence electrons. The molecule has 1 aromatic heterocycles. The number of carbonyl (C=O) groups excluding carboxylic acids is 2. The molecule has 0 bridgehead atoms. The number of carbonyl (C=O) groups is 2. The third-order valence-corrected chi connectivity index (χ3v) is 5.75. The molecule has 2 aliphatic rings. The van der Waals surface area contributed by atoms with E-state index in [1.807, 2.05) is 6.92 Å². The van der Waals surface area contributed by atoms with Crippen LogP contribution in [0.5, 0.6) is 0 Å². The number of nitrogens with zero attached hydrogens (tertiary/aromatic N) is 4. The molecule has 8 heteroatoms. The zero-order valence-electron chi connectivity index (χ0n) is 14.2. The van der Waals surface area contributed by atoms with Gasteiger partial charge in [-0.3, -0.25) is 14.5 Å². The average Bonchev–Trinajstić information content (AvgIpc) is 3.22. The van der Waals surface area contributed by atoms with E-state index in [1.54, 1.807) is 4.90 Å². The van der Waals surface area contributed by atoms with Crippen molar-refractivity contribution >= 4 is 28.3 Å². The van der Waals surface area contributed by atoms with Crippen LogP contribution in [0.2, 0.25) is 0 Å². The first-order valence-corrected chi connectivity index (χ1v) is 9.62. The predicted molar refractivity (Wildman–Crippen MR) is 93.0 cm³/mol. The molecule has 1 unspecified atom stereocenters. The lowest BCUT2D eigenvalue weighted by molar-refractivity contribution is -0.126. The highest BCUT2D eigenvalue weighted by molar-refractivity contribution is 7.15. The molecule has 0 spiro atoms. The minimum Gasteiger partial charge on any atom is -0.355 e. The number of likely N-dealkylation sites (tertiary alicyclic amines) is 1. The Kier molecular flexibility index (Phi) is 5.78. The van der Waals surface area contributed by atoms with Gasteiger partial charge in [-0.15, -0.1) is 10.2 Å². The number of rotatable bonds is 6. The summed E-state index contributed by atoms with van der Waals surface area (Å²) >= 11 is 1.43. The van der Waals surface area contributed by atoms with Crippen LogP contribution in [-0.4, -0.2) is 59.6 Å². The second-order valence-corrected chi connectivity index (χ2v) is 7.47. The normalized spacial score (nSPS) is 22.1. The maximum absolute atomic E-state index is 12.3. The molecule has 2 saturated heterocycles. The smallest absolute Gasteiger partial charge is 0.229 e. The Morgan fingerprint density at radius 1 is 1.29 bits per heavy atom. The first-order valence-electron chi connectivity index (χ1n) is 8.80. The molecule has 0 aromatic carbocycles. The van der Waals surface area contributed by atoms with Crippen molar-refractivity contribution in [1.82, 2.24) is 20.4 Å². The largest absolute Gasteiger partial charge is 0.355 e. The number of aryl methyl sites for hydroxylation is 1. The zero-order chi connectivity index (χ0) is 16.9. The Balaban J connectivity index is 1.46. The lowest BCUT2D eigenvalue weighted by Crippen LogP contribution is -2.40. The van der Waals surface area contributed by atoms with E-state index in [4.69, 9.17) is 0 Å². The monoisotopic (exact) mass is 351 g/mol. The highest BCUT2D eigenvalue weighted by Crippen LogP contribution is 2.28. The molecule has 2 fully saturated rings. The first kappa shape index (κ1) is 17.3. The summed E-state index contributed by atoms with van der Waals surface area (Å²) in [5.74, 6) is -0.346. The summed E-state index contributed by atoms with van der Waals surface area (Å²) in [6.45, 7) is 6.22. The number of aromatic nitrogens is 2. The molecule has 1 aromatic rings. The maximum atomic E-state index is 12.3. The highest BCUT2D eigenvalue weighted by Gasteiger charge is 2.36. The number of hydrogen-bond acceptors (Lipinski definition) is 6. The van der Waals surface area contributed by atoms with E-state index in [0.717, 1.165) is 31.1 Å². The third kappa shape index (κ3) is 4.10. The molecular weight excluding hydrogens is 326 g/mol. The van der Waals surface area contributed by atoms with Crippen LogP contribution in [0.1, 0.15) is 37.6 Å². The van der Waals surface area contributed by atoms with Gasteiger partial charge in [0.25, 0.3) is 0 Å². The van der Waals surface area contributed by atoms with E-state index < -0.39 is 0 Å². The van der Waals surface area contributed by atoms with Gasteiger partial charge in [0.1, 0.15) is 5.01 Å². The van der Waals surface area contributed by atoms with E-state index in [-0.39, 0.29) is 24.2 Å². The van der Waals surface area contributed by atoms with Crippen molar-refractivity contribution in [3.8, 4) is 0 Å². The van der Waals surface area contributed by atoms with E-state index in [1.165, 1.54) is 30.6 Å². The standard InChI is InChI=1S/C16H25N5O2S/c1-2-13-18-19-16(24-13)21-11-12(10-14(21)22)15(23)17-6-9-20-7-4-3-5-8-20/h12H,2-11H2,1H3,(H,17,23). The van der Waals surface area contributed by atoms with Gasteiger partial charge in [-0.25, -0.2) is 0 Å². The topological polar surface area (TPSA) is 78.4 Å². The first-order chi connectivity index (χ1) is 11.7. The lowest BCUT2D eigenvalue weighted by atomic mass is 10.1. The molecule has 1 atom stereocenters. The predicted octanol–water partition coefficient (Wildman–Crippen LogP) is 1.06. The lowest BCUT2D eigenvalue weighted by Gasteiger charge is -2.26. The Labute approximate surface area is 146 Å². The van der Waals surface area contributed by atoms with Gasteiger partial charge in [-0.05, 0) is 32.4 Å². The number of piperidine rings is 1.